The topological polar surface area (TPSA) is 54.0 Å². The maximum atomic E-state index is 12.7. The van der Waals surface area contributed by atoms with Crippen LogP contribution in [0.4, 0.5) is 17.2 Å². The molecule has 126 valence electrons. The van der Waals surface area contributed by atoms with Crippen LogP contribution in [0.1, 0.15) is 15.9 Å². The van der Waals surface area contributed by atoms with E-state index in [1.54, 1.807) is 36.5 Å². The zero-order valence-corrected chi connectivity index (χ0v) is 14.9. The Bertz CT molecular complexity index is 928. The number of aryl methyl sites for hydroxylation is 1. The number of rotatable bonds is 4. The lowest BCUT2D eigenvalue weighted by molar-refractivity contribution is 0.102. The quantitative estimate of drug-likeness (QED) is 0.618. The fourth-order valence-corrected chi connectivity index (χ4v) is 2.60. The standard InChI is InChI=1S/C19H15Cl2N3O/c1-12-5-2-3-7-17(12)24-19(25)14-6-4-10-22-18(14)23-13-8-9-15(20)16(21)11-13/h2-11H,1H3,(H,22,23)(H,24,25). The summed E-state index contributed by atoms with van der Waals surface area (Å²) in [5.74, 6) is 0.192. The minimum absolute atomic E-state index is 0.245. The van der Waals surface area contributed by atoms with Gasteiger partial charge in [0.2, 0.25) is 0 Å². The number of nitrogens with zero attached hydrogens (tertiary/aromatic N) is 1. The average molecular weight is 372 g/mol. The highest BCUT2D eigenvalue weighted by atomic mass is 35.5. The lowest BCUT2D eigenvalue weighted by Gasteiger charge is -2.12. The highest BCUT2D eigenvalue weighted by molar-refractivity contribution is 6.42. The molecule has 0 spiro atoms. The van der Waals surface area contributed by atoms with Crippen LogP contribution in [0.15, 0.2) is 60.8 Å². The van der Waals surface area contributed by atoms with Crippen LogP contribution >= 0.6 is 23.2 Å². The van der Waals surface area contributed by atoms with Crippen LogP contribution in [0, 0.1) is 6.92 Å². The molecule has 0 radical (unpaired) electrons. The van der Waals surface area contributed by atoms with Crippen LogP contribution in [0.5, 0.6) is 0 Å². The Balaban J connectivity index is 1.86. The van der Waals surface area contributed by atoms with E-state index in [1.807, 2.05) is 31.2 Å². The molecular weight excluding hydrogens is 357 g/mol. The van der Waals surface area contributed by atoms with E-state index in [2.05, 4.69) is 15.6 Å². The number of anilines is 3. The molecule has 1 aromatic heterocycles. The molecule has 0 aliphatic heterocycles. The molecule has 0 aliphatic carbocycles. The van der Waals surface area contributed by atoms with Gasteiger partial charge in [0.15, 0.2) is 0 Å². The summed E-state index contributed by atoms with van der Waals surface area (Å²) in [4.78, 5) is 16.9. The molecule has 0 bridgehead atoms. The molecule has 0 saturated heterocycles. The fourth-order valence-electron chi connectivity index (χ4n) is 2.30. The van der Waals surface area contributed by atoms with E-state index < -0.39 is 0 Å². The van der Waals surface area contributed by atoms with Gasteiger partial charge in [0.25, 0.3) is 5.91 Å². The van der Waals surface area contributed by atoms with Crippen LogP contribution in [0.25, 0.3) is 0 Å². The number of halogens is 2. The van der Waals surface area contributed by atoms with E-state index in [0.717, 1.165) is 11.3 Å². The number of para-hydroxylation sites is 1. The molecule has 2 N–H and O–H groups in total. The first-order valence-corrected chi connectivity index (χ1v) is 8.34. The van der Waals surface area contributed by atoms with E-state index in [-0.39, 0.29) is 5.91 Å². The zero-order valence-electron chi connectivity index (χ0n) is 13.4. The molecule has 1 amide bonds. The van der Waals surface area contributed by atoms with Crippen LogP contribution < -0.4 is 10.6 Å². The first-order valence-electron chi connectivity index (χ1n) is 7.58. The Morgan fingerprint density at radius 1 is 1.00 bits per heavy atom. The van der Waals surface area contributed by atoms with Gasteiger partial charge in [-0.3, -0.25) is 4.79 Å². The van der Waals surface area contributed by atoms with E-state index in [9.17, 15) is 4.79 Å². The second-order valence-corrected chi connectivity index (χ2v) is 6.24. The number of benzene rings is 2. The molecule has 25 heavy (non-hydrogen) atoms. The van der Waals surface area contributed by atoms with Crippen molar-refractivity contribution in [1.82, 2.24) is 4.98 Å². The summed E-state index contributed by atoms with van der Waals surface area (Å²) in [6.45, 7) is 1.94. The second-order valence-electron chi connectivity index (χ2n) is 5.42. The molecule has 0 aliphatic rings. The van der Waals surface area contributed by atoms with Gasteiger partial charge in [-0.2, -0.15) is 0 Å². The van der Waals surface area contributed by atoms with Crippen molar-refractivity contribution in [2.24, 2.45) is 0 Å². The molecular formula is C19H15Cl2N3O. The van der Waals surface area contributed by atoms with Crippen LogP contribution in [0.3, 0.4) is 0 Å². The van der Waals surface area contributed by atoms with Gasteiger partial charge in [-0.15, -0.1) is 0 Å². The van der Waals surface area contributed by atoms with Crippen molar-refractivity contribution in [2.45, 2.75) is 6.92 Å². The minimum Gasteiger partial charge on any atom is -0.340 e. The van der Waals surface area contributed by atoms with E-state index in [1.165, 1.54) is 0 Å². The van der Waals surface area contributed by atoms with Gasteiger partial charge in [0.1, 0.15) is 5.82 Å². The number of nitrogens with one attached hydrogen (secondary N) is 2. The Kier molecular flexibility index (Phi) is 5.22. The molecule has 2 aromatic carbocycles. The normalized spacial score (nSPS) is 10.4. The van der Waals surface area contributed by atoms with Gasteiger partial charge in [0, 0.05) is 17.6 Å². The average Bonchev–Trinajstić information content (AvgIpc) is 2.60. The maximum Gasteiger partial charge on any atom is 0.259 e. The first-order chi connectivity index (χ1) is 12.0. The van der Waals surface area contributed by atoms with Crippen molar-refractivity contribution in [3.63, 3.8) is 0 Å². The largest absolute Gasteiger partial charge is 0.340 e. The van der Waals surface area contributed by atoms with Crippen molar-refractivity contribution in [3.8, 4) is 0 Å². The van der Waals surface area contributed by atoms with Gasteiger partial charge >= 0.3 is 0 Å². The van der Waals surface area contributed by atoms with Crippen molar-refractivity contribution in [3.05, 3.63) is 82.0 Å². The third kappa shape index (κ3) is 4.10. The SMILES string of the molecule is Cc1ccccc1NC(=O)c1cccnc1Nc1ccc(Cl)c(Cl)c1. The Hall–Kier alpha value is -2.56. The fraction of sp³-hybridized carbons (Fsp3) is 0.0526. The van der Waals surface area contributed by atoms with Crippen molar-refractivity contribution in [1.29, 1.82) is 0 Å². The molecule has 0 saturated carbocycles. The number of hydrogen-bond acceptors (Lipinski definition) is 3. The molecule has 1 heterocycles. The Morgan fingerprint density at radius 2 is 1.80 bits per heavy atom. The van der Waals surface area contributed by atoms with Gasteiger partial charge in [-0.05, 0) is 48.9 Å². The van der Waals surface area contributed by atoms with E-state index in [0.29, 0.717) is 27.1 Å². The van der Waals surface area contributed by atoms with Gasteiger partial charge < -0.3 is 10.6 Å². The smallest absolute Gasteiger partial charge is 0.259 e. The van der Waals surface area contributed by atoms with Gasteiger partial charge in [-0.1, -0.05) is 41.4 Å². The minimum atomic E-state index is -0.245. The summed E-state index contributed by atoms with van der Waals surface area (Å²) in [6, 6.07) is 16.2. The van der Waals surface area contributed by atoms with E-state index in [4.69, 9.17) is 23.2 Å². The third-order valence-electron chi connectivity index (χ3n) is 3.63. The summed E-state index contributed by atoms with van der Waals surface area (Å²) < 4.78 is 0. The summed E-state index contributed by atoms with van der Waals surface area (Å²) in [5, 5.41) is 6.90. The number of aromatic nitrogens is 1. The predicted octanol–water partition coefficient (Wildman–Crippen LogP) is 5.69. The van der Waals surface area contributed by atoms with Gasteiger partial charge in [-0.25, -0.2) is 4.98 Å². The summed E-state index contributed by atoms with van der Waals surface area (Å²) >= 11 is 12.0. The number of carbonyl (C=O) groups is 1. The molecule has 0 fully saturated rings. The van der Waals surface area contributed by atoms with Crippen LogP contribution in [0.2, 0.25) is 10.0 Å². The molecule has 6 heteroatoms. The van der Waals surface area contributed by atoms with Crippen LogP contribution in [-0.4, -0.2) is 10.9 Å². The van der Waals surface area contributed by atoms with E-state index >= 15 is 0 Å². The second kappa shape index (κ2) is 7.55. The number of hydrogen-bond donors (Lipinski definition) is 2. The van der Waals surface area contributed by atoms with Gasteiger partial charge in [0.05, 0.1) is 15.6 Å². The molecule has 3 aromatic rings. The molecule has 0 atom stereocenters. The Labute approximate surface area is 155 Å². The summed E-state index contributed by atoms with van der Waals surface area (Å²) in [7, 11) is 0. The third-order valence-corrected chi connectivity index (χ3v) is 4.37. The summed E-state index contributed by atoms with van der Waals surface area (Å²) in [5.41, 5.74) is 2.87. The highest BCUT2D eigenvalue weighted by Gasteiger charge is 2.14. The monoisotopic (exact) mass is 371 g/mol. The van der Waals surface area contributed by atoms with Crippen molar-refractivity contribution >= 4 is 46.3 Å². The number of amides is 1. The number of pyridine rings is 1. The Morgan fingerprint density at radius 3 is 2.56 bits per heavy atom. The highest BCUT2D eigenvalue weighted by Crippen LogP contribution is 2.27. The number of carbonyl (C=O) groups excluding carboxylic acids is 1. The van der Waals surface area contributed by atoms with Crippen LogP contribution in [-0.2, 0) is 0 Å². The summed E-state index contributed by atoms with van der Waals surface area (Å²) in [6.07, 6.45) is 1.62. The zero-order chi connectivity index (χ0) is 17.8. The maximum absolute atomic E-state index is 12.7. The van der Waals surface area contributed by atoms with Crippen molar-refractivity contribution in [2.75, 3.05) is 10.6 Å². The molecule has 3 rings (SSSR count). The lowest BCUT2D eigenvalue weighted by Crippen LogP contribution is -2.15. The lowest BCUT2D eigenvalue weighted by atomic mass is 10.1. The van der Waals surface area contributed by atoms with Crippen molar-refractivity contribution < 1.29 is 4.79 Å². The predicted molar refractivity (Wildman–Crippen MR) is 103 cm³/mol. The molecule has 0 unspecified atom stereocenters. The molecule has 4 nitrogen and oxygen atoms in total. The first kappa shape index (κ1) is 17.3.